The van der Waals surface area contributed by atoms with Gasteiger partial charge in [0.15, 0.2) is 5.82 Å². The summed E-state index contributed by atoms with van der Waals surface area (Å²) in [5, 5.41) is 3.76. The average Bonchev–Trinajstić information content (AvgIpc) is 3.16. The molecule has 1 aliphatic rings. The molecule has 3 heterocycles. The number of fused-ring (bicyclic) bond motifs is 1. The van der Waals surface area contributed by atoms with Crippen molar-refractivity contribution >= 4 is 44.7 Å². The molecule has 0 aliphatic carbocycles. The third kappa shape index (κ3) is 4.62. The van der Waals surface area contributed by atoms with Crippen molar-refractivity contribution in [1.82, 2.24) is 14.9 Å². The fourth-order valence-corrected chi connectivity index (χ4v) is 4.33. The van der Waals surface area contributed by atoms with Crippen LogP contribution < -0.4 is 10.1 Å². The number of rotatable bonds is 5. The number of anilines is 2. The van der Waals surface area contributed by atoms with Gasteiger partial charge in [0.2, 0.25) is 0 Å². The normalized spacial score (nSPS) is 12.8. The molecule has 32 heavy (non-hydrogen) atoms. The van der Waals surface area contributed by atoms with Crippen LogP contribution in [0.4, 0.5) is 15.9 Å². The summed E-state index contributed by atoms with van der Waals surface area (Å²) >= 11 is 7.97. The van der Waals surface area contributed by atoms with Gasteiger partial charge in [-0.2, -0.15) is 0 Å². The average molecular weight is 465 g/mol. The van der Waals surface area contributed by atoms with Crippen LogP contribution in [0.25, 0.3) is 10.2 Å². The van der Waals surface area contributed by atoms with Crippen molar-refractivity contribution in [2.24, 2.45) is 0 Å². The lowest BCUT2D eigenvalue weighted by Crippen LogP contribution is -2.32. The summed E-state index contributed by atoms with van der Waals surface area (Å²) in [6, 6.07) is 16.9. The van der Waals surface area contributed by atoms with E-state index in [1.807, 2.05) is 12.1 Å². The number of nitrogens with one attached hydrogen (secondary N) is 1. The van der Waals surface area contributed by atoms with Crippen LogP contribution in [0.1, 0.15) is 16.9 Å². The lowest BCUT2D eigenvalue weighted by atomic mass is 10.2. The molecule has 1 aliphatic heterocycles. The molecular weight excluding hydrogens is 447 g/mol. The second-order valence-electron chi connectivity index (χ2n) is 7.31. The summed E-state index contributed by atoms with van der Waals surface area (Å²) in [5.74, 6) is 4.14. The molecular formula is C24H18ClFN4OS. The van der Waals surface area contributed by atoms with E-state index in [-0.39, 0.29) is 12.4 Å². The van der Waals surface area contributed by atoms with Crippen LogP contribution in [-0.4, -0.2) is 28.0 Å². The molecule has 1 saturated heterocycles. The molecule has 0 amide bonds. The Kier molecular flexibility index (Phi) is 5.80. The fourth-order valence-electron chi connectivity index (χ4n) is 3.19. The maximum atomic E-state index is 13.3. The van der Waals surface area contributed by atoms with Crippen LogP contribution in [0.15, 0.2) is 54.9 Å². The Morgan fingerprint density at radius 1 is 1.16 bits per heavy atom. The van der Waals surface area contributed by atoms with Crippen LogP contribution in [0, 0.1) is 17.8 Å². The number of aromatic nitrogens is 2. The first-order valence-electron chi connectivity index (χ1n) is 10.1. The fraction of sp³-hybridized carbons (Fsp3) is 0.167. The molecule has 0 saturated carbocycles. The topological polar surface area (TPSA) is 50.3 Å². The lowest BCUT2D eigenvalue weighted by molar-refractivity contribution is 0.282. The minimum absolute atomic E-state index is 0.229. The number of benzene rings is 2. The molecule has 2 aromatic heterocycles. The molecule has 8 heteroatoms. The van der Waals surface area contributed by atoms with E-state index < -0.39 is 0 Å². The highest BCUT2D eigenvalue weighted by Gasteiger charge is 2.12. The van der Waals surface area contributed by atoms with Gasteiger partial charge < -0.3 is 15.0 Å². The minimum Gasteiger partial charge on any atom is -0.487 e. The van der Waals surface area contributed by atoms with Crippen LogP contribution in [-0.2, 0) is 6.61 Å². The monoisotopic (exact) mass is 464 g/mol. The Bertz CT molecular complexity index is 1340. The van der Waals surface area contributed by atoms with Gasteiger partial charge in [-0.25, -0.2) is 14.4 Å². The number of ether oxygens (including phenoxy) is 1. The third-order valence-corrected chi connectivity index (χ3v) is 6.32. The summed E-state index contributed by atoms with van der Waals surface area (Å²) in [4.78, 5) is 11.8. The summed E-state index contributed by atoms with van der Waals surface area (Å²) < 4.78 is 20.0. The predicted molar refractivity (Wildman–Crippen MR) is 126 cm³/mol. The minimum atomic E-state index is -0.295. The Morgan fingerprint density at radius 2 is 2.06 bits per heavy atom. The van der Waals surface area contributed by atoms with Crippen LogP contribution in [0.5, 0.6) is 5.75 Å². The number of hydrogen-bond donors (Lipinski definition) is 1. The van der Waals surface area contributed by atoms with Crippen molar-refractivity contribution in [3.05, 3.63) is 76.1 Å². The van der Waals surface area contributed by atoms with Gasteiger partial charge in [-0.3, -0.25) is 0 Å². The second kappa shape index (κ2) is 9.03. The summed E-state index contributed by atoms with van der Waals surface area (Å²) in [5.41, 5.74) is 2.36. The van der Waals surface area contributed by atoms with E-state index in [9.17, 15) is 4.39 Å². The van der Waals surface area contributed by atoms with Gasteiger partial charge in [0, 0.05) is 24.8 Å². The quantitative estimate of drug-likeness (QED) is 0.377. The zero-order valence-electron chi connectivity index (χ0n) is 16.9. The maximum Gasteiger partial charge on any atom is 0.151 e. The smallest absolute Gasteiger partial charge is 0.151 e. The molecule has 4 aromatic rings. The first kappa shape index (κ1) is 20.6. The van der Waals surface area contributed by atoms with Gasteiger partial charge in [0.1, 0.15) is 24.5 Å². The van der Waals surface area contributed by atoms with E-state index in [2.05, 4.69) is 32.1 Å². The molecule has 1 N–H and O–H groups in total. The number of likely N-dealkylation sites (tertiary alicyclic amines) is 1. The van der Waals surface area contributed by atoms with Crippen LogP contribution >= 0.6 is 22.9 Å². The molecule has 0 bridgehead atoms. The zero-order chi connectivity index (χ0) is 21.9. The van der Waals surface area contributed by atoms with E-state index in [0.717, 1.165) is 39.4 Å². The van der Waals surface area contributed by atoms with E-state index in [1.54, 1.807) is 35.6 Å². The van der Waals surface area contributed by atoms with Gasteiger partial charge in [0.05, 0.1) is 20.1 Å². The van der Waals surface area contributed by atoms with Crippen molar-refractivity contribution in [1.29, 1.82) is 0 Å². The van der Waals surface area contributed by atoms with Crippen LogP contribution in [0.2, 0.25) is 5.02 Å². The van der Waals surface area contributed by atoms with E-state index in [0.29, 0.717) is 16.6 Å². The first-order chi connectivity index (χ1) is 15.6. The molecule has 0 spiro atoms. The van der Waals surface area contributed by atoms with Gasteiger partial charge in [0.25, 0.3) is 0 Å². The highest BCUT2D eigenvalue weighted by atomic mass is 35.5. The molecule has 0 atom stereocenters. The number of halogens is 2. The van der Waals surface area contributed by atoms with Crippen molar-refractivity contribution < 1.29 is 9.13 Å². The van der Waals surface area contributed by atoms with Crippen molar-refractivity contribution in [3.8, 4) is 17.7 Å². The standard InChI is InChI=1S/C24H18ClFN4OS/c25-20-12-18(5-6-22(20)31-14-16-3-1-4-17(26)11-16)29-24-23-21(27-15-28-24)13-19(32-23)7-10-30-8-2-9-30/h1,3-6,11-13,15H,2,8-9,14H2,(H,27,28,29). The van der Waals surface area contributed by atoms with Gasteiger partial charge in [-0.15, -0.1) is 11.3 Å². The molecule has 0 unspecified atom stereocenters. The molecule has 1 fully saturated rings. The summed E-state index contributed by atoms with van der Waals surface area (Å²) in [7, 11) is 0. The molecule has 2 aromatic carbocycles. The van der Waals surface area contributed by atoms with Crippen molar-refractivity contribution in [2.45, 2.75) is 13.0 Å². The third-order valence-electron chi connectivity index (χ3n) is 4.98. The highest BCUT2D eigenvalue weighted by Crippen LogP contribution is 2.33. The molecule has 160 valence electrons. The van der Waals surface area contributed by atoms with Gasteiger partial charge >= 0.3 is 0 Å². The maximum absolute atomic E-state index is 13.3. The van der Waals surface area contributed by atoms with Crippen LogP contribution in [0.3, 0.4) is 0 Å². The number of hydrogen-bond acceptors (Lipinski definition) is 6. The van der Waals surface area contributed by atoms with Crippen molar-refractivity contribution in [3.63, 3.8) is 0 Å². The number of nitrogens with zero attached hydrogens (tertiary/aromatic N) is 3. The van der Waals surface area contributed by atoms with Gasteiger partial charge in [-0.1, -0.05) is 23.7 Å². The Morgan fingerprint density at radius 3 is 2.84 bits per heavy atom. The SMILES string of the molecule is Fc1cccc(COc2ccc(Nc3ncnc4cc(C#CN5CCC5)sc34)cc2Cl)c1. The molecule has 0 radical (unpaired) electrons. The first-order valence-corrected chi connectivity index (χ1v) is 11.3. The molecule has 5 nitrogen and oxygen atoms in total. The largest absolute Gasteiger partial charge is 0.487 e. The Labute approximate surface area is 193 Å². The zero-order valence-corrected chi connectivity index (χ0v) is 18.5. The lowest BCUT2D eigenvalue weighted by Gasteiger charge is -2.25. The summed E-state index contributed by atoms with van der Waals surface area (Å²) in [6.07, 6.45) is 2.74. The van der Waals surface area contributed by atoms with Gasteiger partial charge in [-0.05, 0) is 54.3 Å². The summed E-state index contributed by atoms with van der Waals surface area (Å²) in [6.45, 7) is 2.30. The highest BCUT2D eigenvalue weighted by molar-refractivity contribution is 7.20. The van der Waals surface area contributed by atoms with E-state index in [4.69, 9.17) is 16.3 Å². The number of thiophene rings is 1. The Hall–Kier alpha value is -3.34. The van der Waals surface area contributed by atoms with Crippen molar-refractivity contribution in [2.75, 3.05) is 18.4 Å². The molecule has 5 rings (SSSR count). The van der Waals surface area contributed by atoms with E-state index in [1.165, 1.54) is 24.9 Å². The predicted octanol–water partition coefficient (Wildman–Crippen LogP) is 5.82. The second-order valence-corrected chi connectivity index (χ2v) is 8.77. The van der Waals surface area contributed by atoms with E-state index >= 15 is 0 Å². The Balaban J connectivity index is 1.31.